The summed E-state index contributed by atoms with van der Waals surface area (Å²) in [6.45, 7) is 5.34. The van der Waals surface area contributed by atoms with Crippen molar-refractivity contribution in [1.29, 1.82) is 0 Å². The number of ether oxygens (including phenoxy) is 1. The van der Waals surface area contributed by atoms with E-state index in [0.717, 1.165) is 36.8 Å². The molecule has 190 valence electrons. The average Bonchev–Trinajstić information content (AvgIpc) is 3.27. The molecule has 3 amide bonds. The van der Waals surface area contributed by atoms with Crippen molar-refractivity contribution >= 4 is 57.7 Å². The molecule has 3 rings (SSSR count). The van der Waals surface area contributed by atoms with Crippen molar-refractivity contribution < 1.29 is 28.4 Å². The summed E-state index contributed by atoms with van der Waals surface area (Å²) < 4.78 is 5.17. The third-order valence-corrected chi connectivity index (χ3v) is 8.43. The number of anilines is 2. The molecule has 0 radical (unpaired) electrons. The topological polar surface area (TPSA) is 114 Å². The Bertz CT molecular complexity index is 1020. The Morgan fingerprint density at radius 3 is 1.83 bits per heavy atom. The van der Waals surface area contributed by atoms with Crippen LogP contribution < -0.4 is 16.0 Å². The number of aryl methyl sites for hydroxylation is 2. The molecule has 2 aromatic rings. The van der Waals surface area contributed by atoms with Crippen molar-refractivity contribution in [2.75, 3.05) is 51.0 Å². The van der Waals surface area contributed by atoms with Crippen LogP contribution in [0.4, 0.5) is 11.4 Å². The number of carbonyl (C=O) groups is 4. The fourth-order valence-corrected chi connectivity index (χ4v) is 6.30. The second-order valence-electron chi connectivity index (χ2n) is 8.93. The Morgan fingerprint density at radius 1 is 0.857 bits per heavy atom. The van der Waals surface area contributed by atoms with E-state index in [2.05, 4.69) is 16.0 Å². The molecule has 3 heterocycles. The Balaban J connectivity index is 1.78. The monoisotopic (exact) mass is 521 g/mol. The maximum Gasteiger partial charge on any atom is 0.350 e. The van der Waals surface area contributed by atoms with Crippen LogP contribution in [0.3, 0.4) is 0 Å². The number of quaternary nitrogens is 1. The second kappa shape index (κ2) is 11.8. The number of carbonyl (C=O) groups excluding carboxylic acids is 4. The predicted molar refractivity (Wildman–Crippen MR) is 138 cm³/mol. The quantitative estimate of drug-likeness (QED) is 0.363. The zero-order chi connectivity index (χ0) is 25.6. The van der Waals surface area contributed by atoms with Crippen molar-refractivity contribution in [2.24, 2.45) is 0 Å². The van der Waals surface area contributed by atoms with Gasteiger partial charge in [0.2, 0.25) is 0 Å². The number of hydrogen-bond donors (Lipinski definition) is 3. The summed E-state index contributed by atoms with van der Waals surface area (Å²) in [5.74, 6) is -1.21. The minimum atomic E-state index is -0.491. The lowest BCUT2D eigenvalue weighted by atomic mass is 10.2. The molecule has 2 aromatic heterocycles. The summed E-state index contributed by atoms with van der Waals surface area (Å²) in [7, 11) is 2.86. The number of amides is 3. The molecule has 0 spiro atoms. The Hall–Kier alpha value is -2.76. The van der Waals surface area contributed by atoms with Crippen LogP contribution in [-0.4, -0.2) is 68.5 Å². The molecule has 1 aliphatic heterocycles. The first-order valence-electron chi connectivity index (χ1n) is 11.6. The molecule has 0 bridgehead atoms. The SMILES string of the molecule is CNC(=O)c1scc(C)c1NC(=O)C[N+]1(CC(=O)Nc2c(C)csc2C(=O)OC)CCCCCC1. The molecule has 1 fully saturated rings. The van der Waals surface area contributed by atoms with Crippen molar-refractivity contribution in [2.45, 2.75) is 39.5 Å². The van der Waals surface area contributed by atoms with Gasteiger partial charge in [0, 0.05) is 7.05 Å². The highest BCUT2D eigenvalue weighted by Crippen LogP contribution is 2.30. The fourth-order valence-electron chi connectivity index (χ4n) is 4.42. The lowest BCUT2D eigenvalue weighted by Gasteiger charge is -2.36. The number of nitrogens with zero attached hydrogens (tertiary/aromatic N) is 1. The van der Waals surface area contributed by atoms with Crippen LogP contribution in [0.25, 0.3) is 0 Å². The average molecular weight is 522 g/mol. The molecule has 0 aromatic carbocycles. The Kier molecular flexibility index (Phi) is 9.03. The van der Waals surface area contributed by atoms with Gasteiger partial charge in [0.05, 0.1) is 31.6 Å². The van der Waals surface area contributed by atoms with Crippen LogP contribution in [0.5, 0.6) is 0 Å². The van der Waals surface area contributed by atoms with E-state index in [0.29, 0.717) is 38.7 Å². The zero-order valence-electron chi connectivity index (χ0n) is 20.6. The standard InChI is InChI=1S/C24H32N4O5S2/c1-15-13-34-21(23(31)25-3)19(15)26-17(29)11-28(9-7-5-6-8-10-28)12-18(30)27-20-16(2)14-35-22(20)24(32)33-4/h13-14H,5-12H2,1-4H3,(H2-,25,26,27,29,30,31,32)/p+1. The van der Waals surface area contributed by atoms with Crippen LogP contribution in [-0.2, 0) is 14.3 Å². The number of rotatable bonds is 8. The summed E-state index contributed by atoms with van der Waals surface area (Å²) in [4.78, 5) is 51.5. The Morgan fingerprint density at radius 2 is 1.34 bits per heavy atom. The molecule has 11 heteroatoms. The van der Waals surface area contributed by atoms with Gasteiger partial charge < -0.3 is 25.2 Å². The van der Waals surface area contributed by atoms with E-state index >= 15 is 0 Å². The summed E-state index contributed by atoms with van der Waals surface area (Å²) in [5.41, 5.74) is 2.60. The number of hydrogen-bond acceptors (Lipinski definition) is 7. The lowest BCUT2D eigenvalue weighted by molar-refractivity contribution is -0.912. The summed E-state index contributed by atoms with van der Waals surface area (Å²) in [6, 6.07) is 0. The largest absolute Gasteiger partial charge is 0.465 e. The highest BCUT2D eigenvalue weighted by molar-refractivity contribution is 7.13. The van der Waals surface area contributed by atoms with Gasteiger partial charge in [0.25, 0.3) is 17.7 Å². The van der Waals surface area contributed by atoms with Crippen LogP contribution in [0, 0.1) is 13.8 Å². The molecule has 3 N–H and O–H groups in total. The van der Waals surface area contributed by atoms with E-state index in [1.807, 2.05) is 19.2 Å². The molecule has 0 saturated carbocycles. The summed E-state index contributed by atoms with van der Waals surface area (Å²) in [6.07, 6.45) is 3.96. The van der Waals surface area contributed by atoms with Crippen molar-refractivity contribution in [3.8, 4) is 0 Å². The van der Waals surface area contributed by atoms with Gasteiger partial charge in [-0.3, -0.25) is 14.4 Å². The Labute approximate surface area is 213 Å². The van der Waals surface area contributed by atoms with E-state index < -0.39 is 5.97 Å². The van der Waals surface area contributed by atoms with Crippen molar-refractivity contribution in [1.82, 2.24) is 5.32 Å². The maximum atomic E-state index is 13.2. The highest BCUT2D eigenvalue weighted by atomic mass is 32.1. The number of nitrogens with one attached hydrogen (secondary N) is 3. The van der Waals surface area contributed by atoms with Crippen LogP contribution in [0.2, 0.25) is 0 Å². The normalized spacial score (nSPS) is 15.1. The fraction of sp³-hybridized carbons (Fsp3) is 0.500. The first kappa shape index (κ1) is 26.8. The molecular weight excluding hydrogens is 488 g/mol. The van der Waals surface area contributed by atoms with Crippen LogP contribution >= 0.6 is 22.7 Å². The number of esters is 1. The van der Waals surface area contributed by atoms with Crippen LogP contribution in [0.1, 0.15) is 56.2 Å². The third-order valence-electron chi connectivity index (χ3n) is 6.26. The van der Waals surface area contributed by atoms with E-state index in [9.17, 15) is 19.2 Å². The van der Waals surface area contributed by atoms with Gasteiger partial charge in [0.15, 0.2) is 13.1 Å². The van der Waals surface area contributed by atoms with Gasteiger partial charge in [-0.15, -0.1) is 22.7 Å². The number of methoxy groups -OCH3 is 1. The molecule has 9 nitrogen and oxygen atoms in total. The molecular formula is C24H33N4O5S2+. The van der Waals surface area contributed by atoms with Gasteiger partial charge >= 0.3 is 5.97 Å². The van der Waals surface area contributed by atoms with E-state index in [1.165, 1.54) is 29.8 Å². The lowest BCUT2D eigenvalue weighted by Crippen LogP contribution is -2.56. The maximum absolute atomic E-state index is 13.2. The molecule has 0 unspecified atom stereocenters. The van der Waals surface area contributed by atoms with Crippen molar-refractivity contribution in [3.05, 3.63) is 31.6 Å². The number of thiophene rings is 2. The smallest absolute Gasteiger partial charge is 0.350 e. The first-order chi connectivity index (χ1) is 16.7. The second-order valence-corrected chi connectivity index (χ2v) is 10.7. The highest BCUT2D eigenvalue weighted by Gasteiger charge is 2.35. The minimum absolute atomic E-state index is 0.119. The molecule has 0 aliphatic carbocycles. The molecule has 35 heavy (non-hydrogen) atoms. The van der Waals surface area contributed by atoms with Crippen molar-refractivity contribution in [3.63, 3.8) is 0 Å². The zero-order valence-corrected chi connectivity index (χ0v) is 22.2. The van der Waals surface area contributed by atoms with Gasteiger partial charge in [-0.2, -0.15) is 0 Å². The minimum Gasteiger partial charge on any atom is -0.465 e. The van der Waals surface area contributed by atoms with Crippen LogP contribution in [0.15, 0.2) is 10.8 Å². The molecule has 1 saturated heterocycles. The van der Waals surface area contributed by atoms with E-state index in [1.54, 1.807) is 12.4 Å². The number of likely N-dealkylation sites (tertiary alicyclic amines) is 1. The van der Waals surface area contributed by atoms with Gasteiger partial charge in [-0.05, 0) is 61.4 Å². The summed E-state index contributed by atoms with van der Waals surface area (Å²) in [5, 5.41) is 12.1. The third kappa shape index (κ3) is 6.47. The molecule has 0 atom stereocenters. The van der Waals surface area contributed by atoms with E-state index in [4.69, 9.17) is 4.74 Å². The summed E-state index contributed by atoms with van der Waals surface area (Å²) >= 11 is 2.51. The first-order valence-corrected chi connectivity index (χ1v) is 13.4. The van der Waals surface area contributed by atoms with Gasteiger partial charge in [-0.25, -0.2) is 4.79 Å². The molecule has 1 aliphatic rings. The van der Waals surface area contributed by atoms with Gasteiger partial charge in [0.1, 0.15) is 9.75 Å². The van der Waals surface area contributed by atoms with E-state index in [-0.39, 0.29) is 30.8 Å². The predicted octanol–water partition coefficient (Wildman–Crippen LogP) is 3.54. The van der Waals surface area contributed by atoms with Gasteiger partial charge in [-0.1, -0.05) is 0 Å².